The number of nitrogens with one attached hydrogen (secondary N) is 1. The van der Waals surface area contributed by atoms with E-state index in [9.17, 15) is 0 Å². The van der Waals surface area contributed by atoms with E-state index in [1.165, 1.54) is 35.6 Å². The fraction of sp³-hybridized carbons (Fsp3) is 0.750. The molecule has 0 aliphatic heterocycles. The summed E-state index contributed by atoms with van der Waals surface area (Å²) < 4.78 is 0. The predicted octanol–water partition coefficient (Wildman–Crippen LogP) is 2.77. The number of thiophene rings is 1. The maximum Gasteiger partial charge on any atom is 0.0328 e. The van der Waals surface area contributed by atoms with Crippen molar-refractivity contribution in [2.45, 2.75) is 45.3 Å². The van der Waals surface area contributed by atoms with Gasteiger partial charge >= 0.3 is 0 Å². The molecular weight excluding hydrogens is 266 g/mol. The molecule has 114 valence electrons. The number of hydrogen-bond donors (Lipinski definition) is 1. The van der Waals surface area contributed by atoms with Gasteiger partial charge in [-0.05, 0) is 52.0 Å². The Morgan fingerprint density at radius 1 is 1.15 bits per heavy atom. The van der Waals surface area contributed by atoms with Crippen LogP contribution < -0.4 is 5.32 Å². The Hall–Kier alpha value is -0.420. The van der Waals surface area contributed by atoms with Crippen LogP contribution in [0.15, 0.2) is 12.1 Å². The normalized spacial score (nSPS) is 15.4. The molecule has 1 fully saturated rings. The fourth-order valence-corrected chi connectivity index (χ4v) is 3.29. The maximum atomic E-state index is 3.59. The van der Waals surface area contributed by atoms with E-state index in [1.807, 2.05) is 11.3 Å². The third kappa shape index (κ3) is 5.92. The van der Waals surface area contributed by atoms with E-state index in [0.717, 1.165) is 32.2 Å². The Kier molecular flexibility index (Phi) is 6.49. The minimum atomic E-state index is 0.803. The monoisotopic (exact) mass is 295 g/mol. The van der Waals surface area contributed by atoms with Gasteiger partial charge in [0.05, 0.1) is 0 Å². The molecule has 0 amide bonds. The third-order valence-corrected chi connectivity index (χ3v) is 4.71. The van der Waals surface area contributed by atoms with Crippen LogP contribution in [0.1, 0.15) is 35.9 Å². The van der Waals surface area contributed by atoms with Gasteiger partial charge in [-0.15, -0.1) is 11.3 Å². The SMILES string of the molecule is CCCN(CCN(C)C)Cc1ccc(CNC2CC2)s1. The summed E-state index contributed by atoms with van der Waals surface area (Å²) in [5.41, 5.74) is 0. The summed E-state index contributed by atoms with van der Waals surface area (Å²) >= 11 is 1.97. The molecule has 0 bridgehead atoms. The molecule has 1 aromatic heterocycles. The molecule has 1 saturated carbocycles. The smallest absolute Gasteiger partial charge is 0.0328 e. The summed E-state index contributed by atoms with van der Waals surface area (Å²) in [6, 6.07) is 5.41. The number of rotatable bonds is 10. The van der Waals surface area contributed by atoms with E-state index in [2.05, 4.69) is 48.3 Å². The van der Waals surface area contributed by atoms with Gasteiger partial charge in [0.25, 0.3) is 0 Å². The van der Waals surface area contributed by atoms with Crippen LogP contribution in [0.3, 0.4) is 0 Å². The molecule has 20 heavy (non-hydrogen) atoms. The third-order valence-electron chi connectivity index (χ3n) is 3.64. The average molecular weight is 295 g/mol. The second kappa shape index (κ2) is 8.13. The Balaban J connectivity index is 1.78. The standard InChI is InChI=1S/C16H29N3S/c1-4-9-19(11-10-18(2)3)13-16-8-7-15(20-16)12-17-14-5-6-14/h7-8,14,17H,4-6,9-13H2,1-3H3. The topological polar surface area (TPSA) is 18.5 Å². The predicted molar refractivity (Wildman–Crippen MR) is 88.3 cm³/mol. The van der Waals surface area contributed by atoms with Crippen LogP contribution in [-0.2, 0) is 13.1 Å². The van der Waals surface area contributed by atoms with Gasteiger partial charge in [-0.3, -0.25) is 4.90 Å². The van der Waals surface area contributed by atoms with Crippen molar-refractivity contribution in [1.29, 1.82) is 0 Å². The van der Waals surface area contributed by atoms with Crippen molar-refractivity contribution in [1.82, 2.24) is 15.1 Å². The van der Waals surface area contributed by atoms with Crippen molar-refractivity contribution in [2.24, 2.45) is 0 Å². The van der Waals surface area contributed by atoms with Crippen LogP contribution in [-0.4, -0.2) is 49.6 Å². The molecular formula is C16H29N3S. The van der Waals surface area contributed by atoms with Gasteiger partial charge in [0.1, 0.15) is 0 Å². The van der Waals surface area contributed by atoms with Gasteiger partial charge < -0.3 is 10.2 Å². The zero-order chi connectivity index (χ0) is 14.4. The first kappa shape index (κ1) is 16.0. The zero-order valence-electron chi connectivity index (χ0n) is 13.2. The summed E-state index contributed by atoms with van der Waals surface area (Å²) in [5, 5.41) is 3.59. The molecule has 0 saturated heterocycles. The molecule has 4 heteroatoms. The Morgan fingerprint density at radius 3 is 2.55 bits per heavy atom. The van der Waals surface area contributed by atoms with Gasteiger partial charge in [0, 0.05) is 42.0 Å². The van der Waals surface area contributed by atoms with Crippen LogP contribution >= 0.6 is 11.3 Å². The van der Waals surface area contributed by atoms with E-state index < -0.39 is 0 Å². The van der Waals surface area contributed by atoms with Crippen LogP contribution in [0.5, 0.6) is 0 Å². The quantitative estimate of drug-likeness (QED) is 0.716. The largest absolute Gasteiger partial charge is 0.309 e. The molecule has 0 spiro atoms. The summed E-state index contributed by atoms with van der Waals surface area (Å²) in [5.74, 6) is 0. The lowest BCUT2D eigenvalue weighted by atomic mass is 10.3. The van der Waals surface area contributed by atoms with Crippen molar-refractivity contribution in [2.75, 3.05) is 33.7 Å². The van der Waals surface area contributed by atoms with Crippen molar-refractivity contribution in [3.63, 3.8) is 0 Å². The molecule has 3 nitrogen and oxygen atoms in total. The van der Waals surface area contributed by atoms with E-state index in [4.69, 9.17) is 0 Å². The van der Waals surface area contributed by atoms with Gasteiger partial charge in [-0.25, -0.2) is 0 Å². The molecule has 0 radical (unpaired) electrons. The highest BCUT2D eigenvalue weighted by Gasteiger charge is 2.20. The lowest BCUT2D eigenvalue weighted by Gasteiger charge is -2.22. The van der Waals surface area contributed by atoms with Crippen molar-refractivity contribution >= 4 is 11.3 Å². The van der Waals surface area contributed by atoms with Crippen LogP contribution in [0.4, 0.5) is 0 Å². The highest BCUT2D eigenvalue weighted by Crippen LogP contribution is 2.22. The highest BCUT2D eigenvalue weighted by molar-refractivity contribution is 7.11. The van der Waals surface area contributed by atoms with E-state index in [1.54, 1.807) is 0 Å². The van der Waals surface area contributed by atoms with Crippen LogP contribution in [0.25, 0.3) is 0 Å². The summed E-state index contributed by atoms with van der Waals surface area (Å²) in [6.07, 6.45) is 3.97. The molecule has 0 atom stereocenters. The summed E-state index contributed by atoms with van der Waals surface area (Å²) in [4.78, 5) is 7.83. The number of likely N-dealkylation sites (N-methyl/N-ethyl adjacent to an activating group) is 1. The lowest BCUT2D eigenvalue weighted by Crippen LogP contribution is -2.31. The fourth-order valence-electron chi connectivity index (χ4n) is 2.28. The highest BCUT2D eigenvalue weighted by atomic mass is 32.1. The first-order valence-electron chi connectivity index (χ1n) is 7.85. The van der Waals surface area contributed by atoms with Crippen molar-refractivity contribution in [3.8, 4) is 0 Å². The zero-order valence-corrected chi connectivity index (χ0v) is 14.0. The minimum Gasteiger partial charge on any atom is -0.309 e. The molecule has 1 aliphatic rings. The van der Waals surface area contributed by atoms with Crippen LogP contribution in [0, 0.1) is 0 Å². The van der Waals surface area contributed by atoms with Crippen molar-refractivity contribution < 1.29 is 0 Å². The molecule has 1 aromatic rings. The minimum absolute atomic E-state index is 0.803. The second-order valence-electron chi connectivity index (χ2n) is 6.10. The Bertz CT molecular complexity index is 385. The Morgan fingerprint density at radius 2 is 1.90 bits per heavy atom. The van der Waals surface area contributed by atoms with E-state index in [-0.39, 0.29) is 0 Å². The first-order valence-corrected chi connectivity index (χ1v) is 8.67. The molecule has 2 rings (SSSR count). The second-order valence-corrected chi connectivity index (χ2v) is 7.36. The van der Waals surface area contributed by atoms with E-state index in [0.29, 0.717) is 0 Å². The molecule has 0 aromatic carbocycles. The van der Waals surface area contributed by atoms with Crippen LogP contribution in [0.2, 0.25) is 0 Å². The average Bonchev–Trinajstić information content (AvgIpc) is 3.14. The van der Waals surface area contributed by atoms with Crippen molar-refractivity contribution in [3.05, 3.63) is 21.9 Å². The first-order chi connectivity index (χ1) is 9.67. The molecule has 1 N–H and O–H groups in total. The van der Waals surface area contributed by atoms with E-state index >= 15 is 0 Å². The number of hydrogen-bond acceptors (Lipinski definition) is 4. The van der Waals surface area contributed by atoms with Gasteiger partial charge in [-0.1, -0.05) is 6.92 Å². The Labute approximate surface area is 128 Å². The molecule has 1 heterocycles. The summed E-state index contributed by atoms with van der Waals surface area (Å²) in [6.45, 7) is 7.93. The molecule has 1 aliphatic carbocycles. The van der Waals surface area contributed by atoms with Gasteiger partial charge in [-0.2, -0.15) is 0 Å². The lowest BCUT2D eigenvalue weighted by molar-refractivity contribution is 0.235. The number of nitrogens with zero attached hydrogens (tertiary/aromatic N) is 2. The van der Waals surface area contributed by atoms with Gasteiger partial charge in [0.15, 0.2) is 0 Å². The molecule has 0 unspecified atom stereocenters. The summed E-state index contributed by atoms with van der Waals surface area (Å²) in [7, 11) is 4.30. The van der Waals surface area contributed by atoms with Gasteiger partial charge in [0.2, 0.25) is 0 Å². The maximum absolute atomic E-state index is 3.59.